The van der Waals surface area contributed by atoms with Gasteiger partial charge in [0.2, 0.25) is 5.91 Å². The van der Waals surface area contributed by atoms with E-state index in [1.54, 1.807) is 24.3 Å². The number of nitrogens with two attached hydrogens (primary N) is 1. The Morgan fingerprint density at radius 2 is 1.54 bits per heavy atom. The van der Waals surface area contributed by atoms with E-state index in [0.29, 0.717) is 22.6 Å². The van der Waals surface area contributed by atoms with Crippen LogP contribution in [-0.2, 0) is 17.9 Å². The van der Waals surface area contributed by atoms with Crippen LogP contribution in [0.15, 0.2) is 46.0 Å². The van der Waals surface area contributed by atoms with E-state index in [0.717, 1.165) is 41.5 Å². The molecular formula is C25H28N4O6. The summed E-state index contributed by atoms with van der Waals surface area (Å²) in [6.07, 6.45) is 3.14. The molecule has 2 amide bonds. The summed E-state index contributed by atoms with van der Waals surface area (Å²) in [4.78, 5) is 52.9. The molecule has 1 aliphatic heterocycles. The lowest BCUT2D eigenvalue weighted by Gasteiger charge is -2.26. The number of primary amides is 1. The van der Waals surface area contributed by atoms with Crippen LogP contribution in [0.3, 0.4) is 0 Å². The maximum Gasteiger partial charge on any atom is 0.332 e. The molecule has 184 valence electrons. The van der Waals surface area contributed by atoms with Crippen molar-refractivity contribution in [3.63, 3.8) is 0 Å². The van der Waals surface area contributed by atoms with Gasteiger partial charge in [-0.1, -0.05) is 12.1 Å². The largest absolute Gasteiger partial charge is 0.493 e. The van der Waals surface area contributed by atoms with Crippen LogP contribution in [-0.4, -0.2) is 53.2 Å². The van der Waals surface area contributed by atoms with Gasteiger partial charge in [-0.3, -0.25) is 23.5 Å². The van der Waals surface area contributed by atoms with E-state index in [1.165, 1.54) is 26.4 Å². The molecule has 0 spiro atoms. The molecule has 35 heavy (non-hydrogen) atoms. The molecule has 3 aromatic rings. The number of methoxy groups -OCH3 is 2. The number of carbonyl (C=O) groups excluding carboxylic acids is 2. The highest BCUT2D eigenvalue weighted by molar-refractivity contribution is 5.94. The molecule has 0 saturated carbocycles. The van der Waals surface area contributed by atoms with Gasteiger partial charge in [-0.15, -0.1) is 0 Å². The summed E-state index contributed by atoms with van der Waals surface area (Å²) >= 11 is 0. The Morgan fingerprint density at radius 3 is 2.14 bits per heavy atom. The normalized spacial score (nSPS) is 13.6. The van der Waals surface area contributed by atoms with E-state index in [2.05, 4.69) is 0 Å². The maximum absolute atomic E-state index is 13.3. The van der Waals surface area contributed by atoms with Gasteiger partial charge in [0.25, 0.3) is 11.5 Å². The number of likely N-dealkylation sites (tertiary alicyclic amines) is 1. The number of fused-ring (bicyclic) bond motifs is 1. The molecule has 0 unspecified atom stereocenters. The zero-order valence-corrected chi connectivity index (χ0v) is 19.8. The molecule has 1 aromatic heterocycles. The predicted molar refractivity (Wildman–Crippen MR) is 130 cm³/mol. The summed E-state index contributed by atoms with van der Waals surface area (Å²) in [6.45, 7) is 1.05. The number of piperidine rings is 1. The van der Waals surface area contributed by atoms with Crippen LogP contribution >= 0.6 is 0 Å². The lowest BCUT2D eigenvalue weighted by atomic mass is 10.1. The van der Waals surface area contributed by atoms with Crippen molar-refractivity contribution in [2.24, 2.45) is 5.73 Å². The minimum atomic E-state index is -0.728. The molecule has 1 fully saturated rings. The standard InChI is InChI=1S/C25H28N4O6/c1-34-20-12-18-19(13-21(20)35-2)28(15-22(26)30)25(33)29(24(18)32)14-16-6-8-17(9-7-16)23(31)27-10-4-3-5-11-27/h6-9,12-13H,3-5,10-11,14-15H2,1-2H3,(H2,26,30). The van der Waals surface area contributed by atoms with E-state index in [9.17, 15) is 19.2 Å². The topological polar surface area (TPSA) is 126 Å². The smallest absolute Gasteiger partial charge is 0.332 e. The van der Waals surface area contributed by atoms with E-state index < -0.39 is 23.7 Å². The number of hydrogen-bond acceptors (Lipinski definition) is 6. The summed E-state index contributed by atoms with van der Waals surface area (Å²) in [5.74, 6) is -0.129. The van der Waals surface area contributed by atoms with E-state index in [4.69, 9.17) is 15.2 Å². The molecule has 0 radical (unpaired) electrons. The molecule has 10 heteroatoms. The molecule has 1 aliphatic rings. The first-order valence-electron chi connectivity index (χ1n) is 11.4. The number of rotatable bonds is 7. The second-order valence-electron chi connectivity index (χ2n) is 8.50. The van der Waals surface area contributed by atoms with Crippen molar-refractivity contribution in [2.75, 3.05) is 27.3 Å². The van der Waals surface area contributed by atoms with E-state index >= 15 is 0 Å². The van der Waals surface area contributed by atoms with Gasteiger partial charge in [0, 0.05) is 24.7 Å². The molecule has 1 saturated heterocycles. The summed E-state index contributed by atoms with van der Waals surface area (Å²) in [5, 5.41) is 0.181. The van der Waals surface area contributed by atoms with Gasteiger partial charge in [0.1, 0.15) is 6.54 Å². The third-order valence-corrected chi connectivity index (χ3v) is 6.23. The van der Waals surface area contributed by atoms with Gasteiger partial charge in [-0.2, -0.15) is 0 Å². The average molecular weight is 481 g/mol. The Kier molecular flexibility index (Phi) is 6.90. The summed E-state index contributed by atoms with van der Waals surface area (Å²) in [6, 6.07) is 9.80. The lowest BCUT2D eigenvalue weighted by Crippen LogP contribution is -2.42. The van der Waals surface area contributed by atoms with E-state index in [-0.39, 0.29) is 23.4 Å². The SMILES string of the molecule is COc1cc2c(=O)n(Cc3ccc(C(=O)N4CCCCC4)cc3)c(=O)n(CC(N)=O)c2cc1OC. The van der Waals surface area contributed by atoms with Crippen molar-refractivity contribution in [3.05, 3.63) is 68.4 Å². The molecule has 2 heterocycles. The van der Waals surface area contributed by atoms with Crippen molar-refractivity contribution in [2.45, 2.75) is 32.4 Å². The van der Waals surface area contributed by atoms with Gasteiger partial charge in [-0.05, 0) is 43.0 Å². The predicted octanol–water partition coefficient (Wildman–Crippen LogP) is 1.34. The van der Waals surface area contributed by atoms with Crippen LogP contribution in [0.4, 0.5) is 0 Å². The van der Waals surface area contributed by atoms with Crippen molar-refractivity contribution >= 4 is 22.7 Å². The Morgan fingerprint density at radius 1 is 0.914 bits per heavy atom. The third-order valence-electron chi connectivity index (χ3n) is 6.23. The number of carbonyl (C=O) groups is 2. The number of benzene rings is 2. The van der Waals surface area contributed by atoms with Gasteiger partial charge in [-0.25, -0.2) is 4.79 Å². The molecule has 0 bridgehead atoms. The minimum absolute atomic E-state index is 0.0241. The number of aromatic nitrogens is 2. The first-order chi connectivity index (χ1) is 16.8. The zero-order chi connectivity index (χ0) is 25.1. The summed E-state index contributed by atoms with van der Waals surface area (Å²) in [5.41, 5.74) is 5.59. The number of amides is 2. The molecule has 4 rings (SSSR count). The van der Waals surface area contributed by atoms with Crippen LogP contribution < -0.4 is 26.5 Å². The third kappa shape index (κ3) is 4.77. The summed E-state index contributed by atoms with van der Waals surface area (Å²) < 4.78 is 12.8. The van der Waals surface area contributed by atoms with Gasteiger partial charge in [0.05, 0.1) is 31.7 Å². The number of nitrogens with zero attached hydrogens (tertiary/aromatic N) is 3. The Labute approximate surface area is 201 Å². The quantitative estimate of drug-likeness (QED) is 0.544. The molecule has 0 atom stereocenters. The fourth-order valence-corrected chi connectivity index (χ4v) is 4.41. The highest BCUT2D eigenvalue weighted by Gasteiger charge is 2.20. The molecule has 2 N–H and O–H groups in total. The minimum Gasteiger partial charge on any atom is -0.493 e. The van der Waals surface area contributed by atoms with Crippen molar-refractivity contribution in [1.82, 2.24) is 14.0 Å². The Bertz CT molecular complexity index is 1380. The first kappa shape index (κ1) is 24.1. The fourth-order valence-electron chi connectivity index (χ4n) is 4.41. The molecule has 2 aromatic carbocycles. The van der Waals surface area contributed by atoms with Crippen LogP contribution in [0, 0.1) is 0 Å². The van der Waals surface area contributed by atoms with Gasteiger partial charge < -0.3 is 20.1 Å². The molecule has 10 nitrogen and oxygen atoms in total. The van der Waals surface area contributed by atoms with Crippen molar-refractivity contribution < 1.29 is 19.1 Å². The highest BCUT2D eigenvalue weighted by atomic mass is 16.5. The van der Waals surface area contributed by atoms with Gasteiger partial charge >= 0.3 is 5.69 Å². The highest BCUT2D eigenvalue weighted by Crippen LogP contribution is 2.30. The molecular weight excluding hydrogens is 452 g/mol. The summed E-state index contributed by atoms with van der Waals surface area (Å²) in [7, 11) is 2.87. The number of ether oxygens (including phenoxy) is 2. The lowest BCUT2D eigenvalue weighted by molar-refractivity contribution is -0.118. The van der Waals surface area contributed by atoms with Crippen LogP contribution in [0.1, 0.15) is 35.2 Å². The Balaban J connectivity index is 1.74. The van der Waals surface area contributed by atoms with E-state index in [1.807, 2.05) is 4.90 Å². The zero-order valence-electron chi connectivity index (χ0n) is 19.8. The second-order valence-corrected chi connectivity index (χ2v) is 8.50. The average Bonchev–Trinajstić information content (AvgIpc) is 2.88. The fraction of sp³-hybridized carbons (Fsp3) is 0.360. The monoisotopic (exact) mass is 480 g/mol. The van der Waals surface area contributed by atoms with Crippen LogP contribution in [0.25, 0.3) is 10.9 Å². The van der Waals surface area contributed by atoms with Crippen LogP contribution in [0.5, 0.6) is 11.5 Å². The van der Waals surface area contributed by atoms with Crippen molar-refractivity contribution in [1.29, 1.82) is 0 Å². The number of hydrogen-bond donors (Lipinski definition) is 1. The molecule has 0 aliphatic carbocycles. The first-order valence-corrected chi connectivity index (χ1v) is 11.4. The van der Waals surface area contributed by atoms with Gasteiger partial charge in [0.15, 0.2) is 11.5 Å². The maximum atomic E-state index is 13.3. The Hall–Kier alpha value is -4.08. The van der Waals surface area contributed by atoms with Crippen LogP contribution in [0.2, 0.25) is 0 Å². The second kappa shape index (κ2) is 10.0. The van der Waals surface area contributed by atoms with Crippen molar-refractivity contribution in [3.8, 4) is 11.5 Å².